The zero-order valence-electron chi connectivity index (χ0n) is 11.9. The molecule has 1 rings (SSSR count). The van der Waals surface area contributed by atoms with Gasteiger partial charge in [-0.25, -0.2) is 9.97 Å². The van der Waals surface area contributed by atoms with Crippen molar-refractivity contribution in [3.63, 3.8) is 0 Å². The highest BCUT2D eigenvalue weighted by molar-refractivity contribution is 6.30. The van der Waals surface area contributed by atoms with Crippen LogP contribution in [0.5, 0.6) is 0 Å². The van der Waals surface area contributed by atoms with E-state index in [-0.39, 0.29) is 5.92 Å². The lowest BCUT2D eigenvalue weighted by Crippen LogP contribution is -2.13. The molecule has 1 aromatic rings. The Bertz CT molecular complexity index is 421. The van der Waals surface area contributed by atoms with Crippen molar-refractivity contribution in [2.24, 2.45) is 0 Å². The van der Waals surface area contributed by atoms with E-state index in [0.717, 1.165) is 23.6 Å². The van der Waals surface area contributed by atoms with E-state index in [1.165, 1.54) is 0 Å². The van der Waals surface area contributed by atoms with Crippen molar-refractivity contribution >= 4 is 17.4 Å². The van der Waals surface area contributed by atoms with E-state index >= 15 is 0 Å². The normalized spacial score (nSPS) is 10.8. The predicted molar refractivity (Wildman–Crippen MR) is 80.0 cm³/mol. The third kappa shape index (κ3) is 5.17. The second-order valence-electron chi connectivity index (χ2n) is 4.62. The second-order valence-corrected chi connectivity index (χ2v) is 4.98. The first-order chi connectivity index (χ1) is 9.06. The van der Waals surface area contributed by atoms with Gasteiger partial charge < -0.3 is 10.1 Å². The van der Waals surface area contributed by atoms with E-state index < -0.39 is 0 Å². The quantitative estimate of drug-likeness (QED) is 0.450. The van der Waals surface area contributed by atoms with Crippen molar-refractivity contribution in [1.82, 2.24) is 9.97 Å². The van der Waals surface area contributed by atoms with Crippen LogP contribution in [-0.4, -0.2) is 29.7 Å². The van der Waals surface area contributed by atoms with Crippen molar-refractivity contribution in [2.75, 3.05) is 25.1 Å². The molecule has 1 N–H and O–H groups in total. The molecular weight excluding hydrogens is 262 g/mol. The zero-order valence-corrected chi connectivity index (χ0v) is 12.6. The summed E-state index contributed by atoms with van der Waals surface area (Å²) < 4.78 is 5.43. The first kappa shape index (κ1) is 15.9. The molecule has 19 heavy (non-hydrogen) atoms. The molecule has 0 aliphatic heterocycles. The fourth-order valence-electron chi connectivity index (χ4n) is 1.45. The summed E-state index contributed by atoms with van der Waals surface area (Å²) in [6.07, 6.45) is 2.71. The first-order valence-electron chi connectivity index (χ1n) is 6.52. The van der Waals surface area contributed by atoms with Gasteiger partial charge in [-0.2, -0.15) is 0 Å². The van der Waals surface area contributed by atoms with Gasteiger partial charge in [-0.15, -0.1) is 6.58 Å². The van der Waals surface area contributed by atoms with Crippen LogP contribution in [0.15, 0.2) is 12.7 Å². The van der Waals surface area contributed by atoms with Crippen LogP contribution in [0, 0.1) is 6.92 Å². The molecule has 4 nitrogen and oxygen atoms in total. The van der Waals surface area contributed by atoms with Crippen LogP contribution < -0.4 is 5.32 Å². The molecule has 106 valence electrons. The second kappa shape index (κ2) is 8.12. The Hall–Kier alpha value is -1.13. The third-order valence-corrected chi connectivity index (χ3v) is 2.99. The number of anilines is 1. The Kier molecular flexibility index (Phi) is 6.81. The van der Waals surface area contributed by atoms with Crippen molar-refractivity contribution in [2.45, 2.75) is 33.1 Å². The van der Waals surface area contributed by atoms with Crippen LogP contribution in [0.2, 0.25) is 5.15 Å². The predicted octanol–water partition coefficient (Wildman–Crippen LogP) is 3.57. The fourth-order valence-corrected chi connectivity index (χ4v) is 1.62. The summed E-state index contributed by atoms with van der Waals surface area (Å²) in [6, 6.07) is 0. The van der Waals surface area contributed by atoms with Crippen LogP contribution in [0.3, 0.4) is 0 Å². The van der Waals surface area contributed by atoms with Gasteiger partial charge in [0.1, 0.15) is 16.8 Å². The maximum absolute atomic E-state index is 6.11. The smallest absolute Gasteiger partial charge is 0.137 e. The summed E-state index contributed by atoms with van der Waals surface area (Å²) in [5.74, 6) is 1.80. The summed E-state index contributed by atoms with van der Waals surface area (Å²) in [5.41, 5.74) is 0.872. The maximum atomic E-state index is 6.11. The summed E-state index contributed by atoms with van der Waals surface area (Å²) in [6.45, 7) is 11.7. The number of aromatic nitrogens is 2. The van der Waals surface area contributed by atoms with Crippen molar-refractivity contribution in [3.8, 4) is 0 Å². The van der Waals surface area contributed by atoms with E-state index in [1.54, 1.807) is 0 Å². The first-order valence-corrected chi connectivity index (χ1v) is 6.90. The SMILES string of the molecule is C=CCCOCCNc1nc(C(C)C)nc(Cl)c1C. The number of halogens is 1. The minimum atomic E-state index is 0.252. The number of ether oxygens (including phenoxy) is 1. The van der Waals surface area contributed by atoms with E-state index in [4.69, 9.17) is 16.3 Å². The molecule has 1 heterocycles. The standard InChI is InChI=1S/C14H22ClN3O/c1-5-6-8-19-9-7-16-14-11(4)12(15)17-13(18-14)10(2)3/h5,10H,1,6-9H2,2-4H3,(H,16,17,18). The number of rotatable bonds is 8. The minimum Gasteiger partial charge on any atom is -0.379 e. The van der Waals surface area contributed by atoms with Crippen molar-refractivity contribution in [3.05, 3.63) is 29.2 Å². The van der Waals surface area contributed by atoms with Crippen LogP contribution in [-0.2, 0) is 4.74 Å². The summed E-state index contributed by atoms with van der Waals surface area (Å²) in [4.78, 5) is 8.76. The van der Waals surface area contributed by atoms with E-state index in [2.05, 4.69) is 21.9 Å². The number of nitrogens with zero attached hydrogens (tertiary/aromatic N) is 2. The van der Waals surface area contributed by atoms with Crippen molar-refractivity contribution < 1.29 is 4.74 Å². The van der Waals surface area contributed by atoms with Gasteiger partial charge in [0, 0.05) is 18.0 Å². The van der Waals surface area contributed by atoms with Gasteiger partial charge >= 0.3 is 0 Å². The lowest BCUT2D eigenvalue weighted by molar-refractivity contribution is 0.149. The van der Waals surface area contributed by atoms with Gasteiger partial charge in [-0.1, -0.05) is 31.5 Å². The highest BCUT2D eigenvalue weighted by atomic mass is 35.5. The molecule has 0 spiro atoms. The lowest BCUT2D eigenvalue weighted by Gasteiger charge is -2.13. The van der Waals surface area contributed by atoms with E-state index in [1.807, 2.05) is 26.8 Å². The fraction of sp³-hybridized carbons (Fsp3) is 0.571. The van der Waals surface area contributed by atoms with Crippen LogP contribution in [0.1, 0.15) is 37.6 Å². The largest absolute Gasteiger partial charge is 0.379 e. The Morgan fingerprint density at radius 1 is 1.37 bits per heavy atom. The van der Waals surface area contributed by atoms with E-state index in [0.29, 0.717) is 24.9 Å². The zero-order chi connectivity index (χ0) is 14.3. The Morgan fingerprint density at radius 3 is 2.74 bits per heavy atom. The maximum Gasteiger partial charge on any atom is 0.137 e. The Labute approximate surface area is 120 Å². The number of nitrogens with one attached hydrogen (secondary N) is 1. The molecule has 0 saturated heterocycles. The highest BCUT2D eigenvalue weighted by Gasteiger charge is 2.11. The minimum absolute atomic E-state index is 0.252. The van der Waals surface area contributed by atoms with Gasteiger partial charge in [0.2, 0.25) is 0 Å². The van der Waals surface area contributed by atoms with Gasteiger partial charge in [0.15, 0.2) is 0 Å². The van der Waals surface area contributed by atoms with Gasteiger partial charge in [-0.05, 0) is 13.3 Å². The van der Waals surface area contributed by atoms with Crippen LogP contribution in [0.4, 0.5) is 5.82 Å². The average molecular weight is 284 g/mol. The van der Waals surface area contributed by atoms with Gasteiger partial charge in [-0.3, -0.25) is 0 Å². The average Bonchev–Trinajstić information content (AvgIpc) is 2.37. The van der Waals surface area contributed by atoms with E-state index in [9.17, 15) is 0 Å². The molecule has 0 unspecified atom stereocenters. The molecule has 0 bridgehead atoms. The molecule has 5 heteroatoms. The van der Waals surface area contributed by atoms with Crippen LogP contribution in [0.25, 0.3) is 0 Å². The van der Waals surface area contributed by atoms with Gasteiger partial charge in [0.25, 0.3) is 0 Å². The molecule has 0 aromatic carbocycles. The van der Waals surface area contributed by atoms with Crippen LogP contribution >= 0.6 is 11.6 Å². The molecule has 0 aliphatic rings. The molecule has 0 aliphatic carbocycles. The Morgan fingerprint density at radius 2 is 2.11 bits per heavy atom. The summed E-state index contributed by atoms with van der Waals surface area (Å²) >= 11 is 6.11. The third-order valence-electron chi connectivity index (χ3n) is 2.63. The summed E-state index contributed by atoms with van der Waals surface area (Å²) in [5, 5.41) is 3.75. The number of hydrogen-bond donors (Lipinski definition) is 1. The monoisotopic (exact) mass is 283 g/mol. The molecule has 0 fully saturated rings. The highest BCUT2D eigenvalue weighted by Crippen LogP contribution is 2.22. The molecule has 0 amide bonds. The molecule has 0 saturated carbocycles. The molecule has 0 radical (unpaired) electrons. The van der Waals surface area contributed by atoms with Gasteiger partial charge in [0.05, 0.1) is 13.2 Å². The molecule has 1 aromatic heterocycles. The lowest BCUT2D eigenvalue weighted by atomic mass is 10.2. The molecular formula is C14H22ClN3O. The molecule has 0 atom stereocenters. The Balaban J connectivity index is 2.55. The van der Waals surface area contributed by atoms with Crippen molar-refractivity contribution in [1.29, 1.82) is 0 Å². The summed E-state index contributed by atoms with van der Waals surface area (Å²) in [7, 11) is 0. The number of hydrogen-bond acceptors (Lipinski definition) is 4. The topological polar surface area (TPSA) is 47.0 Å².